The van der Waals surface area contributed by atoms with E-state index in [1.807, 2.05) is 7.05 Å². The highest BCUT2D eigenvalue weighted by molar-refractivity contribution is 7.89. The van der Waals surface area contributed by atoms with Gasteiger partial charge in [-0.15, -0.1) is 0 Å². The van der Waals surface area contributed by atoms with Crippen LogP contribution in [-0.4, -0.2) is 81.4 Å². The molecule has 0 unspecified atom stereocenters. The van der Waals surface area contributed by atoms with Crippen LogP contribution in [0.5, 0.6) is 0 Å². The van der Waals surface area contributed by atoms with Gasteiger partial charge in [0.2, 0.25) is 21.8 Å². The number of rotatable bonds is 6. The molecule has 0 radical (unpaired) electrons. The first-order valence-corrected chi connectivity index (χ1v) is 11.8. The van der Waals surface area contributed by atoms with E-state index in [2.05, 4.69) is 9.62 Å². The van der Waals surface area contributed by atoms with E-state index in [4.69, 9.17) is 5.73 Å². The molecule has 4 rings (SSSR count). The minimum atomic E-state index is -4.00. The summed E-state index contributed by atoms with van der Waals surface area (Å²) >= 11 is 0. The number of carbonyl (C=O) groups excluding carboxylic acids is 2. The van der Waals surface area contributed by atoms with Crippen molar-refractivity contribution in [3.63, 3.8) is 0 Å². The van der Waals surface area contributed by atoms with Crippen molar-refractivity contribution in [3.8, 4) is 0 Å². The molecule has 3 heterocycles. The Balaban J connectivity index is 1.55. The number of nitrogens with two attached hydrogens (primary N) is 1. The van der Waals surface area contributed by atoms with Gasteiger partial charge in [0.05, 0.1) is 4.90 Å². The fourth-order valence-corrected chi connectivity index (χ4v) is 6.34. The zero-order valence-corrected chi connectivity index (χ0v) is 18.2. The van der Waals surface area contributed by atoms with E-state index in [9.17, 15) is 18.0 Å². The Hall–Kier alpha value is -2.01. The summed E-state index contributed by atoms with van der Waals surface area (Å²) in [6, 6.07) is 4.28. The third-order valence-electron chi connectivity index (χ3n) is 6.54. The Kier molecular flexibility index (Phi) is 5.60. The predicted molar refractivity (Wildman–Crippen MR) is 112 cm³/mol. The number of fused-ring (bicyclic) bond motifs is 2. The van der Waals surface area contributed by atoms with E-state index in [0.29, 0.717) is 36.8 Å². The lowest BCUT2D eigenvalue weighted by molar-refractivity contribution is -0.134. The molecule has 2 amide bonds. The number of nitrogens with zero attached hydrogens (tertiary/aromatic N) is 3. The van der Waals surface area contributed by atoms with Gasteiger partial charge in [0.1, 0.15) is 6.04 Å². The first-order chi connectivity index (χ1) is 14.2. The van der Waals surface area contributed by atoms with Gasteiger partial charge in [-0.3, -0.25) is 14.5 Å². The lowest BCUT2D eigenvalue weighted by atomic mass is 10.2. The molecule has 9 nitrogen and oxygen atoms in total. The van der Waals surface area contributed by atoms with E-state index in [0.717, 1.165) is 19.4 Å². The molecular weight excluding hydrogens is 406 g/mol. The molecule has 3 N–H and O–H groups in total. The number of nitrogens with one attached hydrogen (secondary N) is 1. The van der Waals surface area contributed by atoms with Crippen molar-refractivity contribution in [1.29, 1.82) is 0 Å². The van der Waals surface area contributed by atoms with Crippen LogP contribution in [-0.2, 0) is 19.6 Å². The summed E-state index contributed by atoms with van der Waals surface area (Å²) in [6.07, 6.45) is 2.13. The monoisotopic (exact) mass is 435 g/mol. The van der Waals surface area contributed by atoms with E-state index < -0.39 is 16.1 Å². The zero-order chi connectivity index (χ0) is 21.6. The van der Waals surface area contributed by atoms with Gasteiger partial charge in [-0.2, -0.15) is 4.72 Å². The van der Waals surface area contributed by atoms with Crippen LogP contribution in [0.2, 0.25) is 0 Å². The molecule has 1 aromatic rings. The summed E-state index contributed by atoms with van der Waals surface area (Å²) in [5.74, 6) is -0.283. The maximum absolute atomic E-state index is 13.2. The van der Waals surface area contributed by atoms with Crippen LogP contribution in [0.3, 0.4) is 0 Å². The Morgan fingerprint density at radius 3 is 2.63 bits per heavy atom. The topological polar surface area (TPSA) is 116 Å². The van der Waals surface area contributed by atoms with Crippen molar-refractivity contribution < 1.29 is 18.0 Å². The number of likely N-dealkylation sites (N-methyl/N-ethyl adjacent to an activating group) is 1. The molecule has 0 spiro atoms. The summed E-state index contributed by atoms with van der Waals surface area (Å²) in [4.78, 5) is 30.8. The van der Waals surface area contributed by atoms with Crippen LogP contribution < -0.4 is 15.4 Å². The second kappa shape index (κ2) is 7.92. The van der Waals surface area contributed by atoms with Crippen molar-refractivity contribution >= 4 is 27.5 Å². The zero-order valence-electron chi connectivity index (χ0n) is 17.4. The average Bonchev–Trinajstić information content (AvgIpc) is 3.41. The van der Waals surface area contributed by atoms with E-state index in [1.165, 1.54) is 6.07 Å². The van der Waals surface area contributed by atoms with Crippen molar-refractivity contribution in [2.45, 2.75) is 49.2 Å². The van der Waals surface area contributed by atoms with Crippen molar-refractivity contribution in [1.82, 2.24) is 14.5 Å². The van der Waals surface area contributed by atoms with Crippen LogP contribution >= 0.6 is 0 Å². The first kappa shape index (κ1) is 21.2. The van der Waals surface area contributed by atoms with Gasteiger partial charge in [-0.1, -0.05) is 6.07 Å². The predicted octanol–water partition coefficient (Wildman–Crippen LogP) is -0.358. The van der Waals surface area contributed by atoms with Crippen molar-refractivity contribution in [3.05, 3.63) is 23.8 Å². The van der Waals surface area contributed by atoms with Crippen molar-refractivity contribution in [2.24, 2.45) is 5.73 Å². The van der Waals surface area contributed by atoms with Crippen LogP contribution in [0, 0.1) is 6.92 Å². The Morgan fingerprint density at radius 1 is 1.30 bits per heavy atom. The molecule has 3 atom stereocenters. The number of carbonyl (C=O) groups is 2. The maximum atomic E-state index is 13.2. The minimum absolute atomic E-state index is 0.00956. The second-order valence-corrected chi connectivity index (χ2v) is 10.1. The standard InChI is InChI=1S/C20H29N5O4S/c1-13-17(24-8-4-7-19(24)26)5-3-6-18(13)30(28,29)22-16(10-21)20(27)25-12-14-9-15(25)11-23(14)2/h3,5-6,14-16,22H,4,7-12,21H2,1-2H3/t14-,15+,16-/m0/s1. The summed E-state index contributed by atoms with van der Waals surface area (Å²) in [7, 11) is -1.96. The molecule has 30 heavy (non-hydrogen) atoms. The Bertz CT molecular complexity index is 964. The minimum Gasteiger partial charge on any atom is -0.335 e. The average molecular weight is 436 g/mol. The molecule has 0 saturated carbocycles. The van der Waals surface area contributed by atoms with Gasteiger partial charge < -0.3 is 15.5 Å². The molecular formula is C20H29N5O4S. The Labute approximate surface area is 177 Å². The van der Waals surface area contributed by atoms with Crippen LogP contribution in [0.15, 0.2) is 23.1 Å². The largest absolute Gasteiger partial charge is 0.335 e. The highest BCUT2D eigenvalue weighted by Crippen LogP contribution is 2.31. The molecule has 10 heteroatoms. The quantitative estimate of drug-likeness (QED) is 0.631. The third-order valence-corrected chi connectivity index (χ3v) is 8.15. The molecule has 164 valence electrons. The molecule has 3 aliphatic rings. The summed E-state index contributed by atoms with van der Waals surface area (Å²) in [6.45, 7) is 3.54. The Morgan fingerprint density at radius 2 is 2.07 bits per heavy atom. The van der Waals surface area contributed by atoms with Crippen LogP contribution in [0.25, 0.3) is 0 Å². The third kappa shape index (κ3) is 3.62. The van der Waals surface area contributed by atoms with E-state index in [-0.39, 0.29) is 29.3 Å². The number of hydrogen-bond donors (Lipinski definition) is 2. The van der Waals surface area contributed by atoms with Gasteiger partial charge in [0.25, 0.3) is 0 Å². The summed E-state index contributed by atoms with van der Waals surface area (Å²) in [5, 5.41) is 0. The van der Waals surface area contributed by atoms with Gasteiger partial charge >= 0.3 is 0 Å². The van der Waals surface area contributed by atoms with Crippen LogP contribution in [0.1, 0.15) is 24.8 Å². The van der Waals surface area contributed by atoms with Gasteiger partial charge in [-0.25, -0.2) is 8.42 Å². The fraction of sp³-hybridized carbons (Fsp3) is 0.600. The molecule has 0 aromatic heterocycles. The van der Waals surface area contributed by atoms with Gasteiger partial charge in [0, 0.05) is 50.4 Å². The second-order valence-electron chi connectivity index (χ2n) is 8.43. The fourth-order valence-electron chi connectivity index (χ4n) is 4.88. The van der Waals surface area contributed by atoms with Gasteiger partial charge in [0.15, 0.2) is 0 Å². The number of hydrogen-bond acceptors (Lipinski definition) is 6. The lowest BCUT2D eigenvalue weighted by Crippen LogP contribution is -2.56. The molecule has 3 aliphatic heterocycles. The molecule has 0 aliphatic carbocycles. The highest BCUT2D eigenvalue weighted by Gasteiger charge is 2.45. The smallest absolute Gasteiger partial charge is 0.242 e. The number of anilines is 1. The van der Waals surface area contributed by atoms with E-state index >= 15 is 0 Å². The number of sulfonamides is 1. The van der Waals surface area contributed by atoms with Crippen molar-refractivity contribution in [2.75, 3.05) is 38.1 Å². The summed E-state index contributed by atoms with van der Waals surface area (Å²) < 4.78 is 28.8. The molecule has 3 fully saturated rings. The molecule has 1 aromatic carbocycles. The van der Waals surface area contributed by atoms with E-state index in [1.54, 1.807) is 28.9 Å². The first-order valence-electron chi connectivity index (χ1n) is 10.4. The SMILES string of the molecule is Cc1c(N2CCCC2=O)cccc1S(=O)(=O)N[C@@H](CN)C(=O)N1C[C@@H]2C[C@@H]1CN2C. The number of benzene rings is 1. The van der Waals surface area contributed by atoms with Crippen LogP contribution in [0.4, 0.5) is 5.69 Å². The highest BCUT2D eigenvalue weighted by atomic mass is 32.2. The normalized spacial score (nSPS) is 25.4. The number of piperazine rings is 1. The molecule has 3 saturated heterocycles. The molecule has 2 bridgehead atoms. The maximum Gasteiger partial charge on any atom is 0.242 e. The lowest BCUT2D eigenvalue weighted by Gasteiger charge is -2.34. The number of likely N-dealkylation sites (tertiary alicyclic amines) is 2. The number of amides is 2. The van der Waals surface area contributed by atoms with Gasteiger partial charge in [-0.05, 0) is 44.5 Å². The summed E-state index contributed by atoms with van der Waals surface area (Å²) in [5.41, 5.74) is 6.88.